The van der Waals surface area contributed by atoms with E-state index < -0.39 is 0 Å². The molecule has 1 aliphatic rings. The summed E-state index contributed by atoms with van der Waals surface area (Å²) < 4.78 is 1.98. The summed E-state index contributed by atoms with van der Waals surface area (Å²) in [5.74, 6) is 0.752. The molecule has 0 spiro atoms. The SMILES string of the molecule is CCCNCc1cn(CCN2CCCC2C(C)C)nn1. The van der Waals surface area contributed by atoms with Crippen LogP contribution in [-0.2, 0) is 13.1 Å². The van der Waals surface area contributed by atoms with Crippen molar-refractivity contribution in [1.29, 1.82) is 0 Å². The Bertz CT molecular complexity index is 387. The topological polar surface area (TPSA) is 46.0 Å². The predicted octanol–water partition coefficient (Wildman–Crippen LogP) is 1.90. The molecule has 0 saturated carbocycles. The summed E-state index contributed by atoms with van der Waals surface area (Å²) in [6.45, 7) is 12.0. The molecular weight excluding hydrogens is 250 g/mol. The molecule has 1 N–H and O–H groups in total. The Labute approximate surface area is 122 Å². The highest BCUT2D eigenvalue weighted by molar-refractivity contribution is 4.91. The van der Waals surface area contributed by atoms with Crippen molar-refractivity contribution < 1.29 is 0 Å². The zero-order valence-electron chi connectivity index (χ0n) is 13.2. The van der Waals surface area contributed by atoms with Crippen molar-refractivity contribution in [3.8, 4) is 0 Å². The molecule has 1 unspecified atom stereocenters. The van der Waals surface area contributed by atoms with E-state index in [0.717, 1.165) is 50.3 Å². The van der Waals surface area contributed by atoms with Gasteiger partial charge in [-0.15, -0.1) is 5.10 Å². The van der Waals surface area contributed by atoms with Gasteiger partial charge in [-0.2, -0.15) is 0 Å². The summed E-state index contributed by atoms with van der Waals surface area (Å²) in [5, 5.41) is 11.8. The molecule has 1 saturated heterocycles. The number of likely N-dealkylation sites (tertiary alicyclic amines) is 1. The molecule has 1 aromatic rings. The molecular formula is C15H29N5. The van der Waals surface area contributed by atoms with Crippen LogP contribution in [0.5, 0.6) is 0 Å². The van der Waals surface area contributed by atoms with Crippen molar-refractivity contribution >= 4 is 0 Å². The summed E-state index contributed by atoms with van der Waals surface area (Å²) in [6.07, 6.45) is 5.91. The first-order chi connectivity index (χ1) is 9.70. The molecule has 1 aliphatic heterocycles. The first kappa shape index (κ1) is 15.4. The second kappa shape index (κ2) is 7.74. The van der Waals surface area contributed by atoms with E-state index in [2.05, 4.69) is 47.5 Å². The minimum Gasteiger partial charge on any atom is -0.311 e. The maximum absolute atomic E-state index is 4.23. The van der Waals surface area contributed by atoms with Crippen LogP contribution in [0.2, 0.25) is 0 Å². The van der Waals surface area contributed by atoms with Crippen molar-refractivity contribution in [3.05, 3.63) is 11.9 Å². The van der Waals surface area contributed by atoms with Crippen LogP contribution in [-0.4, -0.2) is 45.6 Å². The average molecular weight is 279 g/mol. The van der Waals surface area contributed by atoms with E-state index in [4.69, 9.17) is 0 Å². The standard InChI is InChI=1S/C15H29N5/c1-4-7-16-11-14-12-20(18-17-14)10-9-19-8-5-6-15(19)13(2)3/h12-13,15-16H,4-11H2,1-3H3. The Morgan fingerprint density at radius 1 is 1.40 bits per heavy atom. The Hall–Kier alpha value is -0.940. The van der Waals surface area contributed by atoms with E-state index >= 15 is 0 Å². The monoisotopic (exact) mass is 279 g/mol. The fourth-order valence-electron chi connectivity index (χ4n) is 3.04. The molecule has 0 amide bonds. The summed E-state index contributed by atoms with van der Waals surface area (Å²) in [6, 6.07) is 0.754. The minimum absolute atomic E-state index is 0.752. The number of rotatable bonds is 8. The molecule has 5 nitrogen and oxygen atoms in total. The first-order valence-corrected chi connectivity index (χ1v) is 8.04. The number of hydrogen-bond donors (Lipinski definition) is 1. The number of nitrogens with zero attached hydrogens (tertiary/aromatic N) is 4. The molecule has 0 radical (unpaired) electrons. The average Bonchev–Trinajstić information content (AvgIpc) is 3.05. The van der Waals surface area contributed by atoms with Gasteiger partial charge in [-0.25, -0.2) is 0 Å². The normalized spacial score (nSPS) is 20.1. The highest BCUT2D eigenvalue weighted by Gasteiger charge is 2.26. The summed E-state index contributed by atoms with van der Waals surface area (Å²) >= 11 is 0. The van der Waals surface area contributed by atoms with Crippen molar-refractivity contribution in [2.45, 2.75) is 59.2 Å². The third-order valence-corrected chi connectivity index (χ3v) is 4.12. The van der Waals surface area contributed by atoms with Crippen LogP contribution >= 0.6 is 0 Å². The fourth-order valence-corrected chi connectivity index (χ4v) is 3.04. The summed E-state index contributed by atoms with van der Waals surface area (Å²) in [5.41, 5.74) is 1.04. The van der Waals surface area contributed by atoms with Crippen LogP contribution in [0.4, 0.5) is 0 Å². The lowest BCUT2D eigenvalue weighted by Crippen LogP contribution is -2.35. The van der Waals surface area contributed by atoms with Crippen molar-refractivity contribution in [1.82, 2.24) is 25.2 Å². The van der Waals surface area contributed by atoms with Gasteiger partial charge in [0.15, 0.2) is 0 Å². The molecule has 0 bridgehead atoms. The molecule has 0 aliphatic carbocycles. The van der Waals surface area contributed by atoms with Crippen LogP contribution in [0.15, 0.2) is 6.20 Å². The lowest BCUT2D eigenvalue weighted by Gasteiger charge is -2.27. The van der Waals surface area contributed by atoms with Crippen molar-refractivity contribution in [2.75, 3.05) is 19.6 Å². The zero-order valence-corrected chi connectivity index (χ0v) is 13.2. The van der Waals surface area contributed by atoms with Gasteiger partial charge < -0.3 is 5.32 Å². The Morgan fingerprint density at radius 3 is 3.00 bits per heavy atom. The third kappa shape index (κ3) is 4.28. The van der Waals surface area contributed by atoms with Crippen LogP contribution in [0, 0.1) is 5.92 Å². The number of nitrogens with one attached hydrogen (secondary N) is 1. The van der Waals surface area contributed by atoms with Gasteiger partial charge in [0.05, 0.1) is 12.2 Å². The fraction of sp³-hybridized carbons (Fsp3) is 0.867. The van der Waals surface area contributed by atoms with E-state index in [0.29, 0.717) is 0 Å². The molecule has 1 fully saturated rings. The van der Waals surface area contributed by atoms with E-state index in [1.807, 2.05) is 4.68 Å². The van der Waals surface area contributed by atoms with Gasteiger partial charge >= 0.3 is 0 Å². The lowest BCUT2D eigenvalue weighted by atomic mass is 10.0. The lowest BCUT2D eigenvalue weighted by molar-refractivity contribution is 0.197. The molecule has 2 heterocycles. The van der Waals surface area contributed by atoms with Crippen LogP contribution < -0.4 is 5.32 Å². The van der Waals surface area contributed by atoms with Gasteiger partial charge in [0.2, 0.25) is 0 Å². The van der Waals surface area contributed by atoms with E-state index in [-0.39, 0.29) is 0 Å². The van der Waals surface area contributed by atoms with Gasteiger partial charge in [0, 0.05) is 25.3 Å². The van der Waals surface area contributed by atoms with Crippen LogP contribution in [0.25, 0.3) is 0 Å². The molecule has 20 heavy (non-hydrogen) atoms. The quantitative estimate of drug-likeness (QED) is 0.738. The molecule has 2 rings (SSSR count). The Kier molecular flexibility index (Phi) is 5.98. The van der Waals surface area contributed by atoms with Gasteiger partial charge in [0.1, 0.15) is 0 Å². The summed E-state index contributed by atoms with van der Waals surface area (Å²) in [7, 11) is 0. The van der Waals surface area contributed by atoms with Gasteiger partial charge in [0.25, 0.3) is 0 Å². The maximum Gasteiger partial charge on any atom is 0.0964 e. The number of hydrogen-bond acceptors (Lipinski definition) is 4. The van der Waals surface area contributed by atoms with Crippen LogP contribution in [0.1, 0.15) is 45.7 Å². The molecule has 5 heteroatoms. The van der Waals surface area contributed by atoms with E-state index in [1.54, 1.807) is 0 Å². The molecule has 114 valence electrons. The van der Waals surface area contributed by atoms with E-state index in [1.165, 1.54) is 19.4 Å². The van der Waals surface area contributed by atoms with Gasteiger partial charge in [-0.1, -0.05) is 26.0 Å². The van der Waals surface area contributed by atoms with Gasteiger partial charge in [-0.05, 0) is 38.3 Å². The Morgan fingerprint density at radius 2 is 2.25 bits per heavy atom. The van der Waals surface area contributed by atoms with E-state index in [9.17, 15) is 0 Å². The summed E-state index contributed by atoms with van der Waals surface area (Å²) in [4.78, 5) is 2.61. The second-order valence-corrected chi connectivity index (χ2v) is 6.14. The minimum atomic E-state index is 0.752. The van der Waals surface area contributed by atoms with Crippen molar-refractivity contribution in [3.63, 3.8) is 0 Å². The molecule has 0 aromatic carbocycles. The highest BCUT2D eigenvalue weighted by atomic mass is 15.4. The zero-order chi connectivity index (χ0) is 14.4. The molecule has 1 aromatic heterocycles. The maximum atomic E-state index is 4.23. The molecule has 1 atom stereocenters. The Balaban J connectivity index is 1.76. The third-order valence-electron chi connectivity index (χ3n) is 4.12. The smallest absolute Gasteiger partial charge is 0.0964 e. The second-order valence-electron chi connectivity index (χ2n) is 6.14. The number of aromatic nitrogens is 3. The van der Waals surface area contributed by atoms with Crippen LogP contribution in [0.3, 0.4) is 0 Å². The predicted molar refractivity (Wildman–Crippen MR) is 81.5 cm³/mol. The largest absolute Gasteiger partial charge is 0.311 e. The highest BCUT2D eigenvalue weighted by Crippen LogP contribution is 2.23. The first-order valence-electron chi connectivity index (χ1n) is 8.04. The van der Waals surface area contributed by atoms with Crippen molar-refractivity contribution in [2.24, 2.45) is 5.92 Å². The van der Waals surface area contributed by atoms with Gasteiger partial charge in [-0.3, -0.25) is 9.58 Å².